The lowest BCUT2D eigenvalue weighted by Crippen LogP contribution is -2.05. The largest absolute Gasteiger partial charge is 0.477 e. The van der Waals surface area contributed by atoms with Crippen LogP contribution in [0.15, 0.2) is 18.2 Å². The predicted octanol–water partition coefficient (Wildman–Crippen LogP) is 0.264. The molecule has 0 bridgehead atoms. The fourth-order valence-electron chi connectivity index (χ4n) is 1.50. The van der Waals surface area contributed by atoms with Gasteiger partial charge in [0.05, 0.1) is 0 Å². The van der Waals surface area contributed by atoms with Gasteiger partial charge in [0.25, 0.3) is 0 Å². The number of rotatable bonds is 1. The highest BCUT2D eigenvalue weighted by atomic mass is 19.1. The third kappa shape index (κ3) is 1.27. The summed E-state index contributed by atoms with van der Waals surface area (Å²) in [6.45, 7) is 0. The van der Waals surface area contributed by atoms with Crippen LogP contribution in [0.2, 0.25) is 0 Å². The Kier molecular flexibility index (Phi) is 1.80. The highest BCUT2D eigenvalue weighted by molar-refractivity contribution is 6.38. The summed E-state index contributed by atoms with van der Waals surface area (Å²) in [5.41, 5.74) is 1.45. The number of H-pyrrole nitrogens is 1. The minimum absolute atomic E-state index is 0.0775. The third-order valence-corrected chi connectivity index (χ3v) is 2.12. The fraction of sp³-hybridized carbons (Fsp3) is 0. The van der Waals surface area contributed by atoms with Crippen LogP contribution >= 0.6 is 0 Å². The number of aromatic carboxylic acids is 1. The number of carbonyl (C=O) groups is 1. The van der Waals surface area contributed by atoms with Crippen molar-refractivity contribution < 1.29 is 14.3 Å². The zero-order valence-electron chi connectivity index (χ0n) is 7.47. The first-order chi connectivity index (χ1) is 6.58. The number of hydrogen-bond acceptors (Lipinski definition) is 1. The molecule has 0 unspecified atom stereocenters. The average molecular weight is 191 g/mol. The van der Waals surface area contributed by atoms with Gasteiger partial charge in [-0.2, -0.15) is 0 Å². The smallest absolute Gasteiger partial charge is 0.352 e. The van der Waals surface area contributed by atoms with Crippen molar-refractivity contribution in [2.24, 2.45) is 0 Å². The topological polar surface area (TPSA) is 53.1 Å². The molecule has 2 aromatic rings. The van der Waals surface area contributed by atoms with Crippen molar-refractivity contribution in [3.8, 4) is 0 Å². The van der Waals surface area contributed by atoms with Crippen molar-refractivity contribution in [2.45, 2.75) is 0 Å². The van der Waals surface area contributed by atoms with Crippen molar-refractivity contribution in [3.05, 3.63) is 29.7 Å². The molecule has 1 aromatic heterocycles. The summed E-state index contributed by atoms with van der Waals surface area (Å²) in [4.78, 5) is 13.4. The standard InChI is InChI=1S/C9H7BFNO2/c10-6-3-5(11)1-4-2-7(9(13)14)12-8(4)6/h1-3,12H,10H2,(H,13,14). The van der Waals surface area contributed by atoms with E-state index in [0.717, 1.165) is 0 Å². The molecule has 5 heteroatoms. The second kappa shape index (κ2) is 2.87. The lowest BCUT2D eigenvalue weighted by atomic mass is 9.94. The minimum Gasteiger partial charge on any atom is -0.477 e. The first kappa shape index (κ1) is 8.81. The van der Waals surface area contributed by atoms with Crippen molar-refractivity contribution >= 4 is 30.2 Å². The molecule has 0 atom stereocenters. The Labute approximate surface area is 80.0 Å². The summed E-state index contributed by atoms with van der Waals surface area (Å²) in [6, 6.07) is 4.10. The maximum absolute atomic E-state index is 12.9. The molecule has 0 spiro atoms. The van der Waals surface area contributed by atoms with E-state index in [1.165, 1.54) is 18.2 Å². The van der Waals surface area contributed by atoms with Gasteiger partial charge in [-0.3, -0.25) is 0 Å². The van der Waals surface area contributed by atoms with Crippen molar-refractivity contribution in [1.82, 2.24) is 4.98 Å². The summed E-state index contributed by atoms with van der Waals surface area (Å²) in [5.74, 6) is -1.40. The maximum Gasteiger partial charge on any atom is 0.352 e. The Morgan fingerprint density at radius 1 is 1.43 bits per heavy atom. The number of fused-ring (bicyclic) bond motifs is 1. The van der Waals surface area contributed by atoms with E-state index < -0.39 is 5.97 Å². The quantitative estimate of drug-likeness (QED) is 0.635. The molecular formula is C9H7BFNO2. The van der Waals surface area contributed by atoms with Crippen LogP contribution in [0.1, 0.15) is 10.5 Å². The molecule has 0 saturated heterocycles. The molecule has 2 rings (SSSR count). The molecule has 0 radical (unpaired) electrons. The fourth-order valence-corrected chi connectivity index (χ4v) is 1.50. The maximum atomic E-state index is 12.9. The monoisotopic (exact) mass is 191 g/mol. The SMILES string of the molecule is Bc1cc(F)cc2cc(C(=O)O)[nH]c12. The van der Waals surface area contributed by atoms with E-state index in [0.29, 0.717) is 16.4 Å². The highest BCUT2D eigenvalue weighted by Gasteiger charge is 2.09. The van der Waals surface area contributed by atoms with Gasteiger partial charge in [-0.25, -0.2) is 9.18 Å². The molecule has 70 valence electrons. The van der Waals surface area contributed by atoms with Crippen molar-refractivity contribution in [2.75, 3.05) is 0 Å². The van der Waals surface area contributed by atoms with E-state index >= 15 is 0 Å². The molecule has 0 aliphatic heterocycles. The lowest BCUT2D eigenvalue weighted by molar-refractivity contribution is 0.0691. The summed E-state index contributed by atoms with van der Waals surface area (Å²) >= 11 is 0. The van der Waals surface area contributed by atoms with Gasteiger partial charge in [-0.05, 0) is 18.2 Å². The number of carboxylic acid groups (broad SMARTS) is 1. The van der Waals surface area contributed by atoms with Crippen LogP contribution in [0.4, 0.5) is 4.39 Å². The van der Waals surface area contributed by atoms with Gasteiger partial charge in [0.1, 0.15) is 19.4 Å². The average Bonchev–Trinajstić information content (AvgIpc) is 2.47. The molecule has 0 saturated carbocycles. The van der Waals surface area contributed by atoms with Crippen LogP contribution in [-0.2, 0) is 0 Å². The molecule has 0 aliphatic carbocycles. The number of hydrogen-bond donors (Lipinski definition) is 2. The van der Waals surface area contributed by atoms with Crippen LogP contribution in [0.25, 0.3) is 10.9 Å². The van der Waals surface area contributed by atoms with Crippen molar-refractivity contribution in [1.29, 1.82) is 0 Å². The number of nitrogens with one attached hydrogen (secondary N) is 1. The predicted molar refractivity (Wildman–Crippen MR) is 53.4 cm³/mol. The molecule has 1 heterocycles. The van der Waals surface area contributed by atoms with E-state index in [1.54, 1.807) is 7.85 Å². The molecule has 0 amide bonds. The van der Waals surface area contributed by atoms with E-state index in [4.69, 9.17) is 5.11 Å². The molecule has 14 heavy (non-hydrogen) atoms. The highest BCUT2D eigenvalue weighted by Crippen LogP contribution is 2.14. The van der Waals surface area contributed by atoms with Crippen LogP contribution in [0, 0.1) is 5.82 Å². The summed E-state index contributed by atoms with van der Waals surface area (Å²) in [5, 5.41) is 9.30. The Bertz CT molecular complexity index is 521. The zero-order valence-corrected chi connectivity index (χ0v) is 7.47. The van der Waals surface area contributed by atoms with Crippen LogP contribution in [0.5, 0.6) is 0 Å². The minimum atomic E-state index is -1.04. The van der Waals surface area contributed by atoms with Gasteiger partial charge in [0, 0.05) is 10.9 Å². The third-order valence-electron chi connectivity index (χ3n) is 2.12. The number of halogens is 1. The summed E-state index contributed by atoms with van der Waals surface area (Å²) in [7, 11) is 1.73. The van der Waals surface area contributed by atoms with E-state index in [9.17, 15) is 9.18 Å². The normalized spacial score (nSPS) is 10.6. The van der Waals surface area contributed by atoms with Gasteiger partial charge >= 0.3 is 5.97 Å². The second-order valence-corrected chi connectivity index (χ2v) is 3.18. The Hall–Kier alpha value is -1.78. The van der Waals surface area contributed by atoms with Crippen LogP contribution in [0.3, 0.4) is 0 Å². The molecule has 0 fully saturated rings. The van der Waals surface area contributed by atoms with E-state index in [1.807, 2.05) is 0 Å². The number of aromatic amines is 1. The van der Waals surface area contributed by atoms with Gasteiger partial charge in [0.15, 0.2) is 0 Å². The van der Waals surface area contributed by atoms with Crippen molar-refractivity contribution in [3.63, 3.8) is 0 Å². The first-order valence-corrected chi connectivity index (χ1v) is 4.10. The number of benzene rings is 1. The number of carboxylic acids is 1. The Morgan fingerprint density at radius 3 is 2.79 bits per heavy atom. The van der Waals surface area contributed by atoms with E-state index in [2.05, 4.69) is 4.98 Å². The van der Waals surface area contributed by atoms with Gasteiger partial charge < -0.3 is 10.1 Å². The molecule has 3 nitrogen and oxygen atoms in total. The van der Waals surface area contributed by atoms with Gasteiger partial charge in [-0.15, -0.1) is 0 Å². The Morgan fingerprint density at radius 2 is 2.14 bits per heavy atom. The summed E-state index contributed by atoms with van der Waals surface area (Å²) < 4.78 is 12.9. The van der Waals surface area contributed by atoms with E-state index in [-0.39, 0.29) is 11.5 Å². The van der Waals surface area contributed by atoms with Gasteiger partial charge in [-0.1, -0.05) is 5.46 Å². The van der Waals surface area contributed by atoms with Gasteiger partial charge in [0.2, 0.25) is 0 Å². The van der Waals surface area contributed by atoms with Crippen LogP contribution < -0.4 is 5.46 Å². The second-order valence-electron chi connectivity index (χ2n) is 3.18. The van der Waals surface area contributed by atoms with Crippen LogP contribution in [-0.4, -0.2) is 23.9 Å². The lowest BCUT2D eigenvalue weighted by Gasteiger charge is -1.95. The first-order valence-electron chi connectivity index (χ1n) is 4.10. The number of aromatic nitrogens is 1. The molecular weight excluding hydrogens is 184 g/mol. The Balaban J connectivity index is 2.76. The molecule has 1 aromatic carbocycles. The zero-order chi connectivity index (χ0) is 10.3. The summed E-state index contributed by atoms with van der Waals surface area (Å²) in [6.07, 6.45) is 0. The molecule has 0 aliphatic rings. The molecule has 2 N–H and O–H groups in total.